The molecular formula is C23H26N2O4S2. The fourth-order valence-corrected chi connectivity index (χ4v) is 7.03. The average molecular weight is 459 g/mol. The van der Waals surface area contributed by atoms with E-state index in [1.165, 1.54) is 17.4 Å². The van der Waals surface area contributed by atoms with Crippen LogP contribution in [0.2, 0.25) is 0 Å². The summed E-state index contributed by atoms with van der Waals surface area (Å²) in [4.78, 5) is 26.8. The summed E-state index contributed by atoms with van der Waals surface area (Å²) in [5.41, 5.74) is 3.57. The third-order valence-corrected chi connectivity index (χ3v) is 8.68. The van der Waals surface area contributed by atoms with E-state index in [1.807, 2.05) is 31.2 Å². The highest BCUT2D eigenvalue weighted by Crippen LogP contribution is 2.38. The van der Waals surface area contributed by atoms with Gasteiger partial charge in [0.1, 0.15) is 5.00 Å². The number of carbonyl (C=O) groups excluding carboxylic acids is 2. The zero-order valence-electron chi connectivity index (χ0n) is 17.4. The van der Waals surface area contributed by atoms with E-state index in [9.17, 15) is 18.0 Å². The van der Waals surface area contributed by atoms with Gasteiger partial charge >= 0.3 is 0 Å². The zero-order chi connectivity index (χ0) is 22.0. The van der Waals surface area contributed by atoms with Crippen molar-refractivity contribution >= 4 is 44.1 Å². The number of nitrogens with one attached hydrogen (secondary N) is 2. The number of hydrogen-bond donors (Lipinski definition) is 2. The van der Waals surface area contributed by atoms with Crippen molar-refractivity contribution in [1.29, 1.82) is 0 Å². The van der Waals surface area contributed by atoms with Crippen LogP contribution in [0.25, 0.3) is 6.08 Å². The summed E-state index contributed by atoms with van der Waals surface area (Å²) in [6.07, 6.45) is 7.40. The molecule has 1 atom stereocenters. The smallest absolute Gasteiger partial charge is 0.254 e. The van der Waals surface area contributed by atoms with E-state index in [0.717, 1.165) is 47.3 Å². The van der Waals surface area contributed by atoms with E-state index in [4.69, 9.17) is 0 Å². The van der Waals surface area contributed by atoms with Crippen LogP contribution in [0, 0.1) is 6.92 Å². The maximum absolute atomic E-state index is 13.1. The van der Waals surface area contributed by atoms with Gasteiger partial charge in [0.25, 0.3) is 5.91 Å². The Morgan fingerprint density at radius 3 is 2.58 bits per heavy atom. The lowest BCUT2D eigenvalue weighted by molar-refractivity contribution is -0.111. The molecule has 164 valence electrons. The van der Waals surface area contributed by atoms with E-state index >= 15 is 0 Å². The first-order valence-corrected chi connectivity index (χ1v) is 13.2. The van der Waals surface area contributed by atoms with Gasteiger partial charge in [-0.1, -0.05) is 29.8 Å². The molecule has 2 aromatic rings. The van der Waals surface area contributed by atoms with Gasteiger partial charge in [-0.25, -0.2) is 8.42 Å². The van der Waals surface area contributed by atoms with Crippen molar-refractivity contribution in [2.75, 3.05) is 16.8 Å². The highest BCUT2D eigenvalue weighted by molar-refractivity contribution is 7.91. The van der Waals surface area contributed by atoms with E-state index < -0.39 is 9.84 Å². The minimum atomic E-state index is -3.08. The molecule has 8 heteroatoms. The summed E-state index contributed by atoms with van der Waals surface area (Å²) in [6.45, 7) is 2.01. The number of rotatable bonds is 5. The normalized spacial score (nSPS) is 19.8. The molecule has 2 N–H and O–H groups in total. The summed E-state index contributed by atoms with van der Waals surface area (Å²) >= 11 is 1.46. The molecule has 1 aliphatic heterocycles. The van der Waals surface area contributed by atoms with Gasteiger partial charge in [0.15, 0.2) is 9.84 Å². The highest BCUT2D eigenvalue weighted by Gasteiger charge is 2.32. The third kappa shape index (κ3) is 5.25. The number of anilines is 1. The zero-order valence-corrected chi connectivity index (χ0v) is 19.1. The van der Waals surface area contributed by atoms with Gasteiger partial charge in [-0.05, 0) is 56.2 Å². The minimum Gasteiger partial charge on any atom is -0.348 e. The summed E-state index contributed by atoms with van der Waals surface area (Å²) in [6, 6.07) is 7.48. The van der Waals surface area contributed by atoms with Crippen LogP contribution in [0.15, 0.2) is 30.3 Å². The largest absolute Gasteiger partial charge is 0.348 e. The van der Waals surface area contributed by atoms with Crippen LogP contribution in [0.4, 0.5) is 5.00 Å². The van der Waals surface area contributed by atoms with Crippen molar-refractivity contribution in [3.63, 3.8) is 0 Å². The standard InChI is InChI=1S/C23H26N2O4S2/c1-15-6-8-16(9-7-15)10-11-20(26)25-23-21(18-4-2-3-5-19(18)30-23)22(27)24-17-12-13-31(28,29)14-17/h6-11,17H,2-5,12-14H2,1H3,(H,24,27)(H,25,26)/b11-10+/t17-/m1/s1. The van der Waals surface area contributed by atoms with E-state index in [2.05, 4.69) is 10.6 Å². The maximum Gasteiger partial charge on any atom is 0.254 e. The van der Waals surface area contributed by atoms with Gasteiger partial charge in [0.2, 0.25) is 5.91 Å². The van der Waals surface area contributed by atoms with Crippen molar-refractivity contribution < 1.29 is 18.0 Å². The predicted octanol–water partition coefficient (Wildman–Crippen LogP) is 3.50. The molecule has 0 spiro atoms. The molecular weight excluding hydrogens is 432 g/mol. The number of benzene rings is 1. The molecule has 2 heterocycles. The summed E-state index contributed by atoms with van der Waals surface area (Å²) < 4.78 is 23.5. The Hall–Kier alpha value is -2.45. The second kappa shape index (κ2) is 8.96. The second-order valence-electron chi connectivity index (χ2n) is 8.22. The van der Waals surface area contributed by atoms with Crippen LogP contribution in [-0.2, 0) is 27.5 Å². The molecule has 2 aliphatic rings. The van der Waals surface area contributed by atoms with Gasteiger partial charge in [-0.15, -0.1) is 11.3 Å². The molecule has 2 amide bonds. The topological polar surface area (TPSA) is 92.3 Å². The molecule has 1 aromatic carbocycles. The average Bonchev–Trinajstić information content (AvgIpc) is 3.26. The number of thiophene rings is 1. The molecule has 1 saturated heterocycles. The second-order valence-corrected chi connectivity index (χ2v) is 11.6. The van der Waals surface area contributed by atoms with Crippen molar-refractivity contribution in [3.05, 3.63) is 57.5 Å². The lowest BCUT2D eigenvalue weighted by Gasteiger charge is -2.15. The number of hydrogen-bond acceptors (Lipinski definition) is 5. The van der Waals surface area contributed by atoms with Crippen LogP contribution in [0.3, 0.4) is 0 Å². The molecule has 1 aromatic heterocycles. The number of fused-ring (bicyclic) bond motifs is 1. The molecule has 0 bridgehead atoms. The maximum atomic E-state index is 13.1. The quantitative estimate of drug-likeness (QED) is 0.671. The van der Waals surface area contributed by atoms with Crippen LogP contribution in [0.1, 0.15) is 51.2 Å². The fraction of sp³-hybridized carbons (Fsp3) is 0.391. The third-order valence-electron chi connectivity index (χ3n) is 5.71. The van der Waals surface area contributed by atoms with Crippen LogP contribution < -0.4 is 10.6 Å². The van der Waals surface area contributed by atoms with Gasteiger partial charge in [-0.2, -0.15) is 0 Å². The molecule has 31 heavy (non-hydrogen) atoms. The lowest BCUT2D eigenvalue weighted by atomic mass is 9.95. The van der Waals surface area contributed by atoms with Crippen LogP contribution >= 0.6 is 11.3 Å². The van der Waals surface area contributed by atoms with Gasteiger partial charge in [0, 0.05) is 17.0 Å². The number of sulfone groups is 1. The van der Waals surface area contributed by atoms with E-state index in [-0.39, 0.29) is 29.4 Å². The number of carbonyl (C=O) groups is 2. The Morgan fingerprint density at radius 2 is 1.87 bits per heavy atom. The molecule has 1 fully saturated rings. The van der Waals surface area contributed by atoms with Crippen LogP contribution in [-0.4, -0.2) is 37.8 Å². The first-order chi connectivity index (χ1) is 14.8. The molecule has 6 nitrogen and oxygen atoms in total. The molecule has 0 saturated carbocycles. The van der Waals surface area contributed by atoms with Gasteiger partial charge < -0.3 is 10.6 Å². The van der Waals surface area contributed by atoms with Crippen molar-refractivity contribution in [3.8, 4) is 0 Å². The Morgan fingerprint density at radius 1 is 1.13 bits per heavy atom. The van der Waals surface area contributed by atoms with E-state index in [1.54, 1.807) is 6.08 Å². The Kier molecular flexibility index (Phi) is 6.29. The van der Waals surface area contributed by atoms with Crippen molar-refractivity contribution in [1.82, 2.24) is 5.32 Å². The number of aryl methyl sites for hydroxylation is 2. The van der Waals surface area contributed by atoms with Gasteiger partial charge in [-0.3, -0.25) is 9.59 Å². The Bertz CT molecular complexity index is 1130. The molecule has 4 rings (SSSR count). The molecule has 1 aliphatic carbocycles. The summed E-state index contributed by atoms with van der Waals surface area (Å²) in [5, 5.41) is 6.31. The molecule has 0 unspecified atom stereocenters. The Balaban J connectivity index is 1.53. The van der Waals surface area contributed by atoms with Crippen LogP contribution in [0.5, 0.6) is 0 Å². The van der Waals surface area contributed by atoms with Crippen molar-refractivity contribution in [2.24, 2.45) is 0 Å². The van der Waals surface area contributed by atoms with E-state index in [0.29, 0.717) is 17.0 Å². The Labute approximate surface area is 186 Å². The fourth-order valence-electron chi connectivity index (χ4n) is 4.06. The van der Waals surface area contributed by atoms with Gasteiger partial charge in [0.05, 0.1) is 17.1 Å². The number of amides is 2. The highest BCUT2D eigenvalue weighted by atomic mass is 32.2. The first kappa shape index (κ1) is 21.8. The first-order valence-electron chi connectivity index (χ1n) is 10.5. The summed E-state index contributed by atoms with van der Waals surface area (Å²) in [5.74, 6) is -0.505. The summed E-state index contributed by atoms with van der Waals surface area (Å²) in [7, 11) is -3.08. The lowest BCUT2D eigenvalue weighted by Crippen LogP contribution is -2.36. The monoisotopic (exact) mass is 458 g/mol. The molecule has 0 radical (unpaired) electrons. The van der Waals surface area contributed by atoms with Crippen molar-refractivity contribution in [2.45, 2.75) is 45.1 Å². The predicted molar refractivity (Wildman–Crippen MR) is 124 cm³/mol. The SMILES string of the molecule is Cc1ccc(/C=C/C(=O)Nc2sc3c(c2C(=O)N[C@@H]2CCS(=O)(=O)C2)CCCC3)cc1. The minimum absolute atomic E-state index is 0.0218.